The average Bonchev–Trinajstić information content (AvgIpc) is 2.28. The molecule has 0 saturated heterocycles. The molecule has 0 aliphatic carbocycles. The van der Waals surface area contributed by atoms with Crippen LogP contribution in [0.4, 0.5) is 11.5 Å². The number of aryl methyl sites for hydroxylation is 1. The molecule has 1 heterocycles. The first kappa shape index (κ1) is 12.8. The number of carbonyl (C=O) groups is 1. The van der Waals surface area contributed by atoms with Gasteiger partial charge in [0.2, 0.25) is 0 Å². The van der Waals surface area contributed by atoms with E-state index in [1.165, 1.54) is 0 Å². The van der Waals surface area contributed by atoms with Crippen LogP contribution in [0, 0.1) is 6.92 Å². The van der Waals surface area contributed by atoms with Gasteiger partial charge in [-0.25, -0.2) is 9.97 Å². The lowest BCUT2D eigenvalue weighted by Crippen LogP contribution is -2.03. The van der Waals surface area contributed by atoms with Crippen molar-refractivity contribution in [3.63, 3.8) is 0 Å². The van der Waals surface area contributed by atoms with Crippen molar-refractivity contribution >= 4 is 41.0 Å². The number of nitrogens with one attached hydrogen (secondary N) is 1. The smallest absolute Gasteiger partial charge is 0.156 e. The molecule has 0 bridgehead atoms. The highest BCUT2D eigenvalue weighted by atomic mass is 35.5. The van der Waals surface area contributed by atoms with Gasteiger partial charge in [-0.1, -0.05) is 29.3 Å². The molecule has 0 amide bonds. The fourth-order valence-corrected chi connectivity index (χ4v) is 1.90. The fraction of sp³-hybridized carbons (Fsp3) is 0.0833. The number of carbonyl (C=O) groups excluding carboxylic acids is 1. The van der Waals surface area contributed by atoms with E-state index in [1.54, 1.807) is 25.1 Å². The van der Waals surface area contributed by atoms with E-state index in [0.29, 0.717) is 23.0 Å². The highest BCUT2D eigenvalue weighted by Crippen LogP contribution is 2.24. The van der Waals surface area contributed by atoms with Crippen molar-refractivity contribution in [1.29, 1.82) is 0 Å². The topological polar surface area (TPSA) is 54.9 Å². The maximum absolute atomic E-state index is 11.0. The third kappa shape index (κ3) is 2.78. The number of anilines is 2. The number of rotatable bonds is 3. The molecule has 0 fully saturated rings. The van der Waals surface area contributed by atoms with E-state index < -0.39 is 0 Å². The van der Waals surface area contributed by atoms with Gasteiger partial charge in [0.1, 0.15) is 16.8 Å². The summed E-state index contributed by atoms with van der Waals surface area (Å²) in [5, 5.41) is 3.71. The van der Waals surface area contributed by atoms with Gasteiger partial charge in [-0.2, -0.15) is 0 Å². The molecule has 2 rings (SSSR count). The van der Waals surface area contributed by atoms with Gasteiger partial charge in [-0.05, 0) is 25.1 Å². The quantitative estimate of drug-likeness (QED) is 0.689. The molecule has 2 aromatic rings. The average molecular weight is 282 g/mol. The lowest BCUT2D eigenvalue weighted by atomic mass is 10.3. The van der Waals surface area contributed by atoms with E-state index >= 15 is 0 Å². The first-order chi connectivity index (χ1) is 8.60. The Balaban J connectivity index is 2.42. The summed E-state index contributed by atoms with van der Waals surface area (Å²) in [5.74, 6) is 0.847. The largest absolute Gasteiger partial charge is 0.339 e. The minimum absolute atomic E-state index is 0.127. The normalized spacial score (nSPS) is 10.2. The zero-order valence-electron chi connectivity index (χ0n) is 9.45. The molecule has 0 aliphatic heterocycles. The number of hydrogen-bond acceptors (Lipinski definition) is 4. The van der Waals surface area contributed by atoms with Gasteiger partial charge in [0.15, 0.2) is 6.29 Å². The molecule has 0 saturated carbocycles. The number of aldehydes is 1. The van der Waals surface area contributed by atoms with Gasteiger partial charge in [0, 0.05) is 10.7 Å². The van der Waals surface area contributed by atoms with Crippen molar-refractivity contribution < 1.29 is 4.79 Å². The molecule has 6 heteroatoms. The van der Waals surface area contributed by atoms with Crippen molar-refractivity contribution in [2.45, 2.75) is 6.92 Å². The summed E-state index contributed by atoms with van der Waals surface area (Å²) >= 11 is 11.8. The van der Waals surface area contributed by atoms with E-state index in [9.17, 15) is 4.79 Å². The van der Waals surface area contributed by atoms with Gasteiger partial charge in [0.05, 0.1) is 5.56 Å². The van der Waals surface area contributed by atoms with E-state index in [1.807, 2.05) is 6.07 Å². The van der Waals surface area contributed by atoms with Crippen LogP contribution in [0.25, 0.3) is 0 Å². The lowest BCUT2D eigenvalue weighted by molar-refractivity contribution is 0.112. The van der Waals surface area contributed by atoms with Crippen LogP contribution >= 0.6 is 23.2 Å². The van der Waals surface area contributed by atoms with Crippen LogP contribution in [0.3, 0.4) is 0 Å². The van der Waals surface area contributed by atoms with Crippen molar-refractivity contribution in [2.24, 2.45) is 0 Å². The van der Waals surface area contributed by atoms with Crippen LogP contribution in [0.1, 0.15) is 16.2 Å². The molecule has 92 valence electrons. The Bertz CT molecular complexity index is 602. The highest BCUT2D eigenvalue weighted by molar-refractivity contribution is 6.32. The fourth-order valence-electron chi connectivity index (χ4n) is 1.45. The summed E-state index contributed by atoms with van der Waals surface area (Å²) in [4.78, 5) is 19.1. The zero-order valence-corrected chi connectivity index (χ0v) is 11.0. The summed E-state index contributed by atoms with van der Waals surface area (Å²) in [7, 11) is 0. The summed E-state index contributed by atoms with van der Waals surface area (Å²) in [6.45, 7) is 1.70. The van der Waals surface area contributed by atoms with E-state index in [-0.39, 0.29) is 10.7 Å². The predicted molar refractivity (Wildman–Crippen MR) is 71.9 cm³/mol. The molecular formula is C12H9Cl2N3O. The molecule has 4 nitrogen and oxygen atoms in total. The van der Waals surface area contributed by atoms with Gasteiger partial charge >= 0.3 is 0 Å². The lowest BCUT2D eigenvalue weighted by Gasteiger charge is -2.09. The monoisotopic (exact) mass is 281 g/mol. The molecule has 1 aromatic carbocycles. The van der Waals surface area contributed by atoms with Crippen LogP contribution in [-0.2, 0) is 0 Å². The molecule has 0 radical (unpaired) electrons. The summed E-state index contributed by atoms with van der Waals surface area (Å²) in [6.07, 6.45) is 0.620. The second kappa shape index (κ2) is 5.33. The van der Waals surface area contributed by atoms with Crippen LogP contribution in [0.15, 0.2) is 24.3 Å². The Hall–Kier alpha value is -1.65. The standard InChI is InChI=1S/C12H9Cl2N3O/c1-7-15-11(14)10(6-18)12(16-7)17-9-4-2-3-8(13)5-9/h2-6H,1H3,(H,15,16,17). The molecule has 1 N–H and O–H groups in total. The molecule has 18 heavy (non-hydrogen) atoms. The Morgan fingerprint density at radius 3 is 2.72 bits per heavy atom. The number of benzene rings is 1. The van der Waals surface area contributed by atoms with Gasteiger partial charge in [-0.3, -0.25) is 4.79 Å². The third-order valence-electron chi connectivity index (χ3n) is 2.22. The molecular weight excluding hydrogens is 273 g/mol. The highest BCUT2D eigenvalue weighted by Gasteiger charge is 2.11. The molecule has 0 atom stereocenters. The van der Waals surface area contributed by atoms with Crippen molar-refractivity contribution in [1.82, 2.24) is 9.97 Å². The molecule has 1 aromatic heterocycles. The van der Waals surface area contributed by atoms with E-state index in [4.69, 9.17) is 23.2 Å². The Kier molecular flexibility index (Phi) is 3.79. The molecule has 0 spiro atoms. The summed E-state index contributed by atoms with van der Waals surface area (Å²) in [6, 6.07) is 7.08. The van der Waals surface area contributed by atoms with Crippen LogP contribution in [0.5, 0.6) is 0 Å². The maximum Gasteiger partial charge on any atom is 0.156 e. The molecule has 0 aliphatic rings. The van der Waals surface area contributed by atoms with Gasteiger partial charge < -0.3 is 5.32 Å². The number of halogens is 2. The predicted octanol–water partition coefficient (Wildman–Crippen LogP) is 3.65. The van der Waals surface area contributed by atoms with Crippen LogP contribution in [-0.4, -0.2) is 16.3 Å². The third-order valence-corrected chi connectivity index (χ3v) is 2.74. The molecule has 0 unspecified atom stereocenters. The Morgan fingerprint density at radius 2 is 2.06 bits per heavy atom. The number of nitrogens with zero attached hydrogens (tertiary/aromatic N) is 2. The SMILES string of the molecule is Cc1nc(Cl)c(C=O)c(Nc2cccc(Cl)c2)n1. The van der Waals surface area contributed by atoms with Gasteiger partial charge in [-0.15, -0.1) is 0 Å². The van der Waals surface area contributed by atoms with Crippen molar-refractivity contribution in [3.05, 3.63) is 45.8 Å². The van der Waals surface area contributed by atoms with Crippen LogP contribution < -0.4 is 5.32 Å². The minimum Gasteiger partial charge on any atom is -0.339 e. The minimum atomic E-state index is 0.127. The summed E-state index contributed by atoms with van der Waals surface area (Å²) in [5.41, 5.74) is 0.946. The van der Waals surface area contributed by atoms with Crippen molar-refractivity contribution in [3.8, 4) is 0 Å². The van der Waals surface area contributed by atoms with E-state index in [0.717, 1.165) is 5.69 Å². The first-order valence-corrected chi connectivity index (χ1v) is 5.87. The summed E-state index contributed by atoms with van der Waals surface area (Å²) < 4.78 is 0. The van der Waals surface area contributed by atoms with Crippen molar-refractivity contribution in [2.75, 3.05) is 5.32 Å². The second-order valence-electron chi connectivity index (χ2n) is 3.58. The number of hydrogen-bond donors (Lipinski definition) is 1. The Morgan fingerprint density at radius 1 is 1.28 bits per heavy atom. The first-order valence-electron chi connectivity index (χ1n) is 5.12. The van der Waals surface area contributed by atoms with E-state index in [2.05, 4.69) is 15.3 Å². The van der Waals surface area contributed by atoms with Crippen LogP contribution in [0.2, 0.25) is 10.2 Å². The number of aromatic nitrogens is 2. The Labute approximate surface area is 114 Å². The maximum atomic E-state index is 11.0. The zero-order chi connectivity index (χ0) is 13.1. The van der Waals surface area contributed by atoms with Gasteiger partial charge in [0.25, 0.3) is 0 Å². The second-order valence-corrected chi connectivity index (χ2v) is 4.37.